The third kappa shape index (κ3) is 4.16. The van der Waals surface area contributed by atoms with E-state index in [0.29, 0.717) is 17.7 Å². The van der Waals surface area contributed by atoms with E-state index in [2.05, 4.69) is 5.32 Å². The maximum absolute atomic E-state index is 12.2. The minimum absolute atomic E-state index is 0.110. The first kappa shape index (κ1) is 15.3. The average Bonchev–Trinajstić information content (AvgIpc) is 2.77. The number of carboxylic acids is 1. The third-order valence-corrected chi connectivity index (χ3v) is 4.09. The van der Waals surface area contributed by atoms with Crippen LogP contribution < -0.4 is 5.32 Å². The summed E-state index contributed by atoms with van der Waals surface area (Å²) < 4.78 is 0. The zero-order valence-electron chi connectivity index (χ0n) is 12.0. The quantitative estimate of drug-likeness (QED) is 0.886. The van der Waals surface area contributed by atoms with Gasteiger partial charge in [0.25, 0.3) is 5.91 Å². The molecule has 110 valence electrons. The van der Waals surface area contributed by atoms with Gasteiger partial charge in [0.15, 0.2) is 0 Å². The van der Waals surface area contributed by atoms with Crippen molar-refractivity contribution in [2.24, 2.45) is 0 Å². The number of anilines is 1. The SMILES string of the molecule is Cc1cc(C(=O)Nc2ccc(CCC(=O)O)cc2)c(C)s1. The van der Waals surface area contributed by atoms with Gasteiger partial charge in [-0.3, -0.25) is 9.59 Å². The molecular formula is C16H17NO3S. The van der Waals surface area contributed by atoms with Crippen LogP contribution in [0.1, 0.15) is 32.1 Å². The van der Waals surface area contributed by atoms with E-state index in [0.717, 1.165) is 15.3 Å². The molecule has 0 saturated carbocycles. The Morgan fingerprint density at radius 2 is 1.86 bits per heavy atom. The monoisotopic (exact) mass is 303 g/mol. The summed E-state index contributed by atoms with van der Waals surface area (Å²) in [7, 11) is 0. The second-order valence-corrected chi connectivity index (χ2v) is 6.33. The fourth-order valence-electron chi connectivity index (χ4n) is 2.06. The minimum atomic E-state index is -0.810. The van der Waals surface area contributed by atoms with E-state index >= 15 is 0 Å². The molecule has 1 aromatic carbocycles. The highest BCUT2D eigenvalue weighted by molar-refractivity contribution is 7.12. The lowest BCUT2D eigenvalue weighted by Gasteiger charge is -2.06. The Labute approximate surface area is 127 Å². The summed E-state index contributed by atoms with van der Waals surface area (Å²) in [6.45, 7) is 3.91. The topological polar surface area (TPSA) is 66.4 Å². The molecule has 0 fully saturated rings. The van der Waals surface area contributed by atoms with Gasteiger partial charge in [0.1, 0.15) is 0 Å². The lowest BCUT2D eigenvalue weighted by molar-refractivity contribution is -0.136. The number of carbonyl (C=O) groups is 2. The minimum Gasteiger partial charge on any atom is -0.481 e. The molecule has 0 unspecified atom stereocenters. The molecule has 0 bridgehead atoms. The molecule has 2 N–H and O–H groups in total. The summed E-state index contributed by atoms with van der Waals surface area (Å²) in [6.07, 6.45) is 0.603. The summed E-state index contributed by atoms with van der Waals surface area (Å²) in [4.78, 5) is 24.8. The van der Waals surface area contributed by atoms with Crippen molar-refractivity contribution < 1.29 is 14.7 Å². The Morgan fingerprint density at radius 3 is 2.38 bits per heavy atom. The predicted octanol–water partition coefficient (Wildman–Crippen LogP) is 3.63. The highest BCUT2D eigenvalue weighted by atomic mass is 32.1. The van der Waals surface area contributed by atoms with Crippen LogP contribution in [-0.2, 0) is 11.2 Å². The molecule has 0 aliphatic heterocycles. The molecule has 4 nitrogen and oxygen atoms in total. The maximum atomic E-state index is 12.2. The van der Waals surface area contributed by atoms with Gasteiger partial charge in [-0.25, -0.2) is 0 Å². The van der Waals surface area contributed by atoms with Crippen molar-refractivity contribution in [1.29, 1.82) is 0 Å². The van der Waals surface area contributed by atoms with Gasteiger partial charge in [-0.1, -0.05) is 12.1 Å². The van der Waals surface area contributed by atoms with Gasteiger partial charge >= 0.3 is 5.97 Å². The van der Waals surface area contributed by atoms with Crippen LogP contribution in [0.15, 0.2) is 30.3 Å². The van der Waals surface area contributed by atoms with Crippen LogP contribution in [0.25, 0.3) is 0 Å². The Hall–Kier alpha value is -2.14. The zero-order valence-corrected chi connectivity index (χ0v) is 12.8. The highest BCUT2D eigenvalue weighted by Crippen LogP contribution is 2.22. The average molecular weight is 303 g/mol. The van der Waals surface area contributed by atoms with Gasteiger partial charge < -0.3 is 10.4 Å². The highest BCUT2D eigenvalue weighted by Gasteiger charge is 2.12. The van der Waals surface area contributed by atoms with Crippen LogP contribution >= 0.6 is 11.3 Å². The number of carbonyl (C=O) groups excluding carboxylic acids is 1. The summed E-state index contributed by atoms with van der Waals surface area (Å²) >= 11 is 1.60. The van der Waals surface area contributed by atoms with Crippen LogP contribution in [0.5, 0.6) is 0 Å². The van der Waals surface area contributed by atoms with Gasteiger partial charge in [-0.15, -0.1) is 11.3 Å². The number of hydrogen-bond donors (Lipinski definition) is 2. The Bertz CT molecular complexity index is 659. The molecule has 0 aliphatic rings. The first-order valence-electron chi connectivity index (χ1n) is 6.65. The maximum Gasteiger partial charge on any atom is 0.303 e. The van der Waals surface area contributed by atoms with E-state index in [1.165, 1.54) is 0 Å². The zero-order chi connectivity index (χ0) is 15.4. The normalized spacial score (nSPS) is 10.4. The molecule has 2 rings (SSSR count). The third-order valence-electron chi connectivity index (χ3n) is 3.12. The molecule has 0 saturated heterocycles. The van der Waals surface area contributed by atoms with Crippen LogP contribution in [0.2, 0.25) is 0 Å². The van der Waals surface area contributed by atoms with Gasteiger partial charge in [-0.05, 0) is 44.0 Å². The molecular weight excluding hydrogens is 286 g/mol. The lowest BCUT2D eigenvalue weighted by atomic mass is 10.1. The van der Waals surface area contributed by atoms with E-state index in [4.69, 9.17) is 5.11 Å². The van der Waals surface area contributed by atoms with Crippen LogP contribution in [0.4, 0.5) is 5.69 Å². The smallest absolute Gasteiger partial charge is 0.303 e. The standard InChI is InChI=1S/C16H17NO3S/c1-10-9-14(11(2)21-10)16(20)17-13-6-3-12(4-7-13)5-8-15(18)19/h3-4,6-7,9H,5,8H2,1-2H3,(H,17,20)(H,18,19). The van der Waals surface area contributed by atoms with Crippen molar-refractivity contribution in [3.05, 3.63) is 51.2 Å². The molecule has 0 aliphatic carbocycles. The number of aryl methyl sites for hydroxylation is 3. The van der Waals surface area contributed by atoms with E-state index in [9.17, 15) is 9.59 Å². The van der Waals surface area contributed by atoms with Gasteiger partial charge in [-0.2, -0.15) is 0 Å². The fraction of sp³-hybridized carbons (Fsp3) is 0.250. The van der Waals surface area contributed by atoms with Gasteiger partial charge in [0, 0.05) is 21.9 Å². The number of thiophene rings is 1. The van der Waals surface area contributed by atoms with Crippen molar-refractivity contribution in [1.82, 2.24) is 0 Å². The van der Waals surface area contributed by atoms with E-state index < -0.39 is 5.97 Å². The summed E-state index contributed by atoms with van der Waals surface area (Å²) in [6, 6.07) is 9.15. The summed E-state index contributed by atoms with van der Waals surface area (Å²) in [5.74, 6) is -0.925. The number of benzene rings is 1. The molecule has 0 spiro atoms. The summed E-state index contributed by atoms with van der Waals surface area (Å²) in [5, 5.41) is 11.5. The number of carboxylic acid groups (broad SMARTS) is 1. The first-order valence-corrected chi connectivity index (χ1v) is 7.46. The van der Waals surface area contributed by atoms with Crippen molar-refractivity contribution in [3.8, 4) is 0 Å². The number of hydrogen-bond acceptors (Lipinski definition) is 3. The molecule has 1 heterocycles. The predicted molar refractivity (Wildman–Crippen MR) is 84.1 cm³/mol. The van der Waals surface area contributed by atoms with Crippen molar-refractivity contribution in [3.63, 3.8) is 0 Å². The van der Waals surface area contributed by atoms with E-state index in [1.807, 2.05) is 32.0 Å². The van der Waals surface area contributed by atoms with Crippen molar-refractivity contribution in [2.75, 3.05) is 5.32 Å². The molecule has 2 aromatic rings. The second kappa shape index (κ2) is 6.54. The number of rotatable bonds is 5. The first-order chi connectivity index (χ1) is 9.95. The molecule has 0 atom stereocenters. The van der Waals surface area contributed by atoms with Crippen LogP contribution in [-0.4, -0.2) is 17.0 Å². The fourth-order valence-corrected chi connectivity index (χ4v) is 2.98. The van der Waals surface area contributed by atoms with Gasteiger partial charge in [0.2, 0.25) is 0 Å². The number of amides is 1. The molecule has 21 heavy (non-hydrogen) atoms. The van der Waals surface area contributed by atoms with E-state index in [-0.39, 0.29) is 12.3 Å². The number of nitrogens with one attached hydrogen (secondary N) is 1. The Morgan fingerprint density at radius 1 is 1.19 bits per heavy atom. The molecule has 1 amide bonds. The Balaban J connectivity index is 2.01. The molecule has 1 aromatic heterocycles. The number of aliphatic carboxylic acids is 1. The van der Waals surface area contributed by atoms with Gasteiger partial charge in [0.05, 0.1) is 5.56 Å². The Kier molecular flexibility index (Phi) is 4.75. The second-order valence-electron chi connectivity index (χ2n) is 4.87. The van der Waals surface area contributed by atoms with Crippen LogP contribution in [0, 0.1) is 13.8 Å². The van der Waals surface area contributed by atoms with Crippen molar-refractivity contribution in [2.45, 2.75) is 26.7 Å². The van der Waals surface area contributed by atoms with Crippen molar-refractivity contribution >= 4 is 28.9 Å². The van der Waals surface area contributed by atoms with Crippen LogP contribution in [0.3, 0.4) is 0 Å². The molecule has 5 heteroatoms. The molecule has 0 radical (unpaired) electrons. The summed E-state index contributed by atoms with van der Waals surface area (Å²) in [5.41, 5.74) is 2.35. The van der Waals surface area contributed by atoms with E-state index in [1.54, 1.807) is 23.5 Å². The lowest BCUT2D eigenvalue weighted by Crippen LogP contribution is -2.12. The largest absolute Gasteiger partial charge is 0.481 e.